The van der Waals surface area contributed by atoms with Gasteiger partial charge in [0, 0.05) is 18.1 Å². The summed E-state index contributed by atoms with van der Waals surface area (Å²) in [5, 5.41) is 8.63. The smallest absolute Gasteiger partial charge is 0.0439 e. The van der Waals surface area contributed by atoms with Crippen molar-refractivity contribution in [2.24, 2.45) is 0 Å². The highest BCUT2D eigenvalue weighted by molar-refractivity contribution is 8.76. The van der Waals surface area contributed by atoms with Crippen LogP contribution in [-0.4, -0.2) is 23.2 Å². The Kier molecular flexibility index (Phi) is 18.3. The number of aliphatic hydroxyl groups excluding tert-OH is 1. The molecular weight excluding hydrogens is 260 g/mol. The number of aliphatic hydroxyl groups is 1. The summed E-state index contributed by atoms with van der Waals surface area (Å²) in [5.74, 6) is 2.38. The molecule has 0 aromatic carbocycles. The molecule has 0 unspecified atom stereocenters. The predicted molar refractivity (Wildman–Crippen MR) is 88.5 cm³/mol. The first-order chi connectivity index (χ1) is 8.91. The van der Waals surface area contributed by atoms with Crippen molar-refractivity contribution in [1.82, 2.24) is 0 Å². The van der Waals surface area contributed by atoms with Crippen LogP contribution < -0.4 is 0 Å². The highest BCUT2D eigenvalue weighted by atomic mass is 33.1. The topological polar surface area (TPSA) is 20.2 Å². The fourth-order valence-electron chi connectivity index (χ4n) is 1.89. The van der Waals surface area contributed by atoms with Gasteiger partial charge in [0.05, 0.1) is 0 Å². The first-order valence-corrected chi connectivity index (χ1v) is 10.3. The van der Waals surface area contributed by atoms with Gasteiger partial charge in [-0.15, -0.1) is 0 Å². The van der Waals surface area contributed by atoms with Crippen molar-refractivity contribution >= 4 is 21.6 Å². The maximum Gasteiger partial charge on any atom is 0.0439 e. The van der Waals surface area contributed by atoms with Crippen LogP contribution in [0.5, 0.6) is 0 Å². The van der Waals surface area contributed by atoms with Crippen LogP contribution in [0, 0.1) is 0 Å². The van der Waals surface area contributed by atoms with Crippen LogP contribution in [0.2, 0.25) is 0 Å². The molecule has 0 aliphatic rings. The van der Waals surface area contributed by atoms with Gasteiger partial charge < -0.3 is 5.11 Å². The molecule has 0 spiro atoms. The Labute approximate surface area is 122 Å². The molecule has 3 heteroatoms. The highest BCUT2D eigenvalue weighted by Crippen LogP contribution is 2.23. The van der Waals surface area contributed by atoms with E-state index >= 15 is 0 Å². The Bertz CT molecular complexity index is 126. The van der Waals surface area contributed by atoms with E-state index in [2.05, 4.69) is 6.92 Å². The Balaban J connectivity index is 2.86. The summed E-state index contributed by atoms with van der Waals surface area (Å²) in [5.41, 5.74) is 0. The molecule has 0 fully saturated rings. The minimum atomic E-state index is 0.339. The van der Waals surface area contributed by atoms with E-state index in [9.17, 15) is 0 Å². The summed E-state index contributed by atoms with van der Waals surface area (Å²) in [6.45, 7) is 2.62. The maximum absolute atomic E-state index is 8.63. The molecule has 0 saturated heterocycles. The summed E-state index contributed by atoms with van der Waals surface area (Å²) in [6.07, 6.45) is 15.1. The normalized spacial score (nSPS) is 11.0. The van der Waals surface area contributed by atoms with Gasteiger partial charge >= 0.3 is 0 Å². The summed E-state index contributed by atoms with van der Waals surface area (Å²) >= 11 is 0. The zero-order valence-corrected chi connectivity index (χ0v) is 13.8. The van der Waals surface area contributed by atoms with E-state index in [4.69, 9.17) is 5.11 Å². The van der Waals surface area contributed by atoms with E-state index in [0.29, 0.717) is 6.61 Å². The largest absolute Gasteiger partial charge is 0.396 e. The van der Waals surface area contributed by atoms with Crippen molar-refractivity contribution in [2.75, 3.05) is 18.1 Å². The van der Waals surface area contributed by atoms with E-state index in [1.54, 1.807) is 0 Å². The van der Waals surface area contributed by atoms with Crippen LogP contribution in [0.25, 0.3) is 0 Å². The molecule has 0 amide bonds. The molecule has 110 valence electrons. The van der Waals surface area contributed by atoms with Crippen LogP contribution >= 0.6 is 21.6 Å². The summed E-state index contributed by atoms with van der Waals surface area (Å²) in [6, 6.07) is 0. The molecule has 0 radical (unpaired) electrons. The lowest BCUT2D eigenvalue weighted by Crippen LogP contribution is -1.85. The maximum atomic E-state index is 8.63. The molecule has 1 nitrogen and oxygen atoms in total. The quantitative estimate of drug-likeness (QED) is 0.310. The lowest BCUT2D eigenvalue weighted by molar-refractivity contribution is 0.296. The SMILES string of the molecule is CCCCCCCCCCCCSSCCCO. The van der Waals surface area contributed by atoms with Gasteiger partial charge in [0.2, 0.25) is 0 Å². The van der Waals surface area contributed by atoms with Crippen molar-refractivity contribution in [2.45, 2.75) is 77.6 Å². The van der Waals surface area contributed by atoms with Crippen LogP contribution in [-0.2, 0) is 0 Å². The number of hydrogen-bond donors (Lipinski definition) is 1. The third-order valence-corrected chi connectivity index (χ3v) is 5.63. The van der Waals surface area contributed by atoms with E-state index < -0.39 is 0 Å². The summed E-state index contributed by atoms with van der Waals surface area (Å²) in [4.78, 5) is 0. The van der Waals surface area contributed by atoms with Gasteiger partial charge in [0.1, 0.15) is 0 Å². The number of rotatable bonds is 15. The zero-order valence-electron chi connectivity index (χ0n) is 12.2. The Hall–Kier alpha value is 0.660. The van der Waals surface area contributed by atoms with E-state index in [1.165, 1.54) is 70.0 Å². The van der Waals surface area contributed by atoms with Gasteiger partial charge in [0.25, 0.3) is 0 Å². The van der Waals surface area contributed by atoms with Gasteiger partial charge in [-0.25, -0.2) is 0 Å². The molecule has 0 rings (SSSR count). The van der Waals surface area contributed by atoms with Crippen molar-refractivity contribution in [3.05, 3.63) is 0 Å². The van der Waals surface area contributed by atoms with Gasteiger partial charge in [0.15, 0.2) is 0 Å². The van der Waals surface area contributed by atoms with Crippen molar-refractivity contribution < 1.29 is 5.11 Å². The van der Waals surface area contributed by atoms with E-state index in [-0.39, 0.29) is 0 Å². The van der Waals surface area contributed by atoms with Crippen LogP contribution in [0.4, 0.5) is 0 Å². The zero-order chi connectivity index (χ0) is 13.3. The summed E-state index contributed by atoms with van der Waals surface area (Å²) < 4.78 is 0. The second-order valence-electron chi connectivity index (χ2n) is 4.90. The van der Waals surface area contributed by atoms with Gasteiger partial charge in [-0.2, -0.15) is 0 Å². The van der Waals surface area contributed by atoms with Crippen LogP contribution in [0.1, 0.15) is 77.6 Å². The molecule has 1 N–H and O–H groups in total. The van der Waals surface area contributed by atoms with E-state index in [1.807, 2.05) is 21.6 Å². The lowest BCUT2D eigenvalue weighted by Gasteiger charge is -2.02. The van der Waals surface area contributed by atoms with Crippen molar-refractivity contribution in [3.8, 4) is 0 Å². The molecule has 0 heterocycles. The van der Waals surface area contributed by atoms with Gasteiger partial charge in [-0.05, 0) is 12.8 Å². The summed E-state index contributed by atoms with van der Waals surface area (Å²) in [7, 11) is 3.89. The Morgan fingerprint density at radius 3 is 1.56 bits per heavy atom. The standard InChI is InChI=1S/C15H32OS2/c1-2-3-4-5-6-7-8-9-10-11-14-17-18-15-12-13-16/h16H,2-15H2,1H3. The minimum Gasteiger partial charge on any atom is -0.396 e. The molecular formula is C15H32OS2. The van der Waals surface area contributed by atoms with Gasteiger partial charge in [-0.3, -0.25) is 0 Å². The third-order valence-electron chi connectivity index (χ3n) is 3.05. The minimum absolute atomic E-state index is 0.339. The van der Waals surface area contributed by atoms with Gasteiger partial charge in [-0.1, -0.05) is 86.3 Å². The number of unbranched alkanes of at least 4 members (excludes halogenated alkanes) is 9. The van der Waals surface area contributed by atoms with E-state index in [0.717, 1.165) is 12.2 Å². The Morgan fingerprint density at radius 2 is 1.06 bits per heavy atom. The second-order valence-corrected chi connectivity index (χ2v) is 7.61. The predicted octanol–water partition coefficient (Wildman–Crippen LogP) is 5.67. The fraction of sp³-hybridized carbons (Fsp3) is 1.00. The third kappa shape index (κ3) is 16.7. The fourth-order valence-corrected chi connectivity index (χ4v) is 4.11. The first kappa shape index (κ1) is 18.7. The average molecular weight is 293 g/mol. The Morgan fingerprint density at radius 1 is 0.611 bits per heavy atom. The molecule has 0 aliphatic carbocycles. The molecule has 0 aromatic rings. The van der Waals surface area contributed by atoms with Crippen LogP contribution in [0.3, 0.4) is 0 Å². The molecule has 18 heavy (non-hydrogen) atoms. The van der Waals surface area contributed by atoms with Crippen molar-refractivity contribution in [3.63, 3.8) is 0 Å². The molecule has 0 aliphatic heterocycles. The van der Waals surface area contributed by atoms with Crippen molar-refractivity contribution in [1.29, 1.82) is 0 Å². The highest BCUT2D eigenvalue weighted by Gasteiger charge is 1.94. The molecule has 0 saturated carbocycles. The monoisotopic (exact) mass is 292 g/mol. The molecule has 0 atom stereocenters. The first-order valence-electron chi connectivity index (χ1n) is 7.77. The lowest BCUT2D eigenvalue weighted by atomic mass is 10.1. The molecule has 0 bridgehead atoms. The molecule has 0 aromatic heterocycles. The average Bonchev–Trinajstić information content (AvgIpc) is 2.39. The van der Waals surface area contributed by atoms with Crippen LogP contribution in [0.15, 0.2) is 0 Å². The second kappa shape index (κ2) is 17.7. The number of hydrogen-bond acceptors (Lipinski definition) is 3.